The maximum Gasteiger partial charge on any atom is 0.320 e. The van der Waals surface area contributed by atoms with Gasteiger partial charge in [-0.1, -0.05) is 13.8 Å². The second-order valence-electron chi connectivity index (χ2n) is 7.63. The molecule has 1 aromatic heterocycles. The highest BCUT2D eigenvalue weighted by atomic mass is 32.1. The molecule has 0 radical (unpaired) electrons. The Kier molecular flexibility index (Phi) is 7.98. The molecule has 9 heteroatoms. The van der Waals surface area contributed by atoms with Gasteiger partial charge in [-0.05, 0) is 56.0 Å². The zero-order valence-corrected chi connectivity index (χ0v) is 18.9. The topological polar surface area (TPSA) is 95.9 Å². The van der Waals surface area contributed by atoms with E-state index in [2.05, 4.69) is 5.32 Å². The number of thiophene rings is 1. The lowest BCUT2D eigenvalue weighted by Gasteiger charge is -2.26. The highest BCUT2D eigenvalue weighted by molar-refractivity contribution is 7.16. The second kappa shape index (κ2) is 10.7. The van der Waals surface area contributed by atoms with Gasteiger partial charge in [0.05, 0.1) is 12.1 Å². The highest BCUT2D eigenvalue weighted by Crippen LogP contribution is 2.32. The van der Waals surface area contributed by atoms with Crippen molar-refractivity contribution in [2.75, 3.05) is 18.7 Å². The fourth-order valence-electron chi connectivity index (χ4n) is 4.01. The normalized spacial score (nSPS) is 18.5. The average Bonchev–Trinajstić information content (AvgIpc) is 3.37. The number of ether oxygens (including phenoxy) is 1. The molecule has 2 N–H and O–H groups in total. The first kappa shape index (κ1) is 23.9. The molecular weight excluding hydrogens is 435 g/mol. The SMILES string of the molecule is CCc1cc(C(=O)c2ccc(OCF)cc2)c(NC(=O)CN2C(CC)CCC2C(=O)O)s1. The molecule has 1 fully saturated rings. The van der Waals surface area contributed by atoms with Gasteiger partial charge in [0.1, 0.15) is 16.8 Å². The van der Waals surface area contributed by atoms with Crippen LogP contribution in [0.4, 0.5) is 9.39 Å². The van der Waals surface area contributed by atoms with Crippen molar-refractivity contribution in [2.24, 2.45) is 0 Å². The summed E-state index contributed by atoms with van der Waals surface area (Å²) >= 11 is 1.33. The molecule has 1 aliphatic heterocycles. The lowest BCUT2D eigenvalue weighted by Crippen LogP contribution is -2.44. The summed E-state index contributed by atoms with van der Waals surface area (Å²) in [7, 11) is 0. The number of carbonyl (C=O) groups excluding carboxylic acids is 2. The highest BCUT2D eigenvalue weighted by Gasteiger charge is 2.38. The predicted octanol–water partition coefficient (Wildman–Crippen LogP) is 4.11. The Hall–Kier alpha value is -2.78. The maximum atomic E-state index is 13.1. The number of rotatable bonds is 10. The van der Waals surface area contributed by atoms with Crippen molar-refractivity contribution in [2.45, 2.75) is 51.6 Å². The fourth-order valence-corrected chi connectivity index (χ4v) is 5.02. The van der Waals surface area contributed by atoms with E-state index in [4.69, 9.17) is 4.74 Å². The van der Waals surface area contributed by atoms with Gasteiger partial charge in [0, 0.05) is 16.5 Å². The largest absolute Gasteiger partial charge is 0.480 e. The molecule has 1 aromatic carbocycles. The molecule has 0 saturated carbocycles. The maximum absolute atomic E-state index is 13.1. The molecule has 1 saturated heterocycles. The summed E-state index contributed by atoms with van der Waals surface area (Å²) in [6.07, 6.45) is 2.73. The third-order valence-corrected chi connectivity index (χ3v) is 6.89. The van der Waals surface area contributed by atoms with Gasteiger partial charge in [0.25, 0.3) is 0 Å². The number of anilines is 1. The van der Waals surface area contributed by atoms with E-state index in [1.165, 1.54) is 23.5 Å². The molecule has 0 aliphatic carbocycles. The van der Waals surface area contributed by atoms with Crippen LogP contribution in [0, 0.1) is 0 Å². The summed E-state index contributed by atoms with van der Waals surface area (Å²) in [5, 5.41) is 12.8. The molecule has 2 heterocycles. The lowest BCUT2D eigenvalue weighted by atomic mass is 10.0. The minimum atomic E-state index is -0.952. The molecule has 32 heavy (non-hydrogen) atoms. The number of aryl methyl sites for hydroxylation is 1. The Morgan fingerprint density at radius 2 is 1.94 bits per heavy atom. The number of likely N-dealkylation sites (tertiary alicyclic amines) is 1. The van der Waals surface area contributed by atoms with Crippen LogP contribution >= 0.6 is 11.3 Å². The second-order valence-corrected chi connectivity index (χ2v) is 8.77. The first-order chi connectivity index (χ1) is 15.4. The van der Waals surface area contributed by atoms with Gasteiger partial charge in [-0.2, -0.15) is 0 Å². The molecule has 0 bridgehead atoms. The molecule has 7 nitrogen and oxygen atoms in total. The summed E-state index contributed by atoms with van der Waals surface area (Å²) in [6.45, 7) is 2.94. The molecule has 2 atom stereocenters. The summed E-state index contributed by atoms with van der Waals surface area (Å²) in [6, 6.07) is 7.27. The van der Waals surface area contributed by atoms with Crippen LogP contribution in [0.5, 0.6) is 5.75 Å². The molecule has 1 aliphatic rings. The molecule has 1 amide bonds. The Morgan fingerprint density at radius 1 is 1.22 bits per heavy atom. The van der Waals surface area contributed by atoms with Crippen LogP contribution in [0.15, 0.2) is 30.3 Å². The van der Waals surface area contributed by atoms with E-state index in [0.29, 0.717) is 34.7 Å². The number of hydrogen-bond donors (Lipinski definition) is 2. The Bertz CT molecular complexity index is 975. The first-order valence-electron chi connectivity index (χ1n) is 10.6. The van der Waals surface area contributed by atoms with Crippen molar-refractivity contribution < 1.29 is 28.6 Å². The molecule has 0 spiro atoms. The van der Waals surface area contributed by atoms with Crippen molar-refractivity contribution in [1.82, 2.24) is 4.90 Å². The smallest absolute Gasteiger partial charge is 0.320 e. The van der Waals surface area contributed by atoms with E-state index >= 15 is 0 Å². The zero-order chi connectivity index (χ0) is 23.3. The van der Waals surface area contributed by atoms with Gasteiger partial charge in [0.15, 0.2) is 5.78 Å². The Balaban J connectivity index is 1.78. The van der Waals surface area contributed by atoms with Crippen LogP contribution < -0.4 is 10.1 Å². The van der Waals surface area contributed by atoms with Gasteiger partial charge >= 0.3 is 5.97 Å². The summed E-state index contributed by atoms with van der Waals surface area (Å²) in [4.78, 5) is 40.2. The molecular formula is C23H27FN2O5S. The summed E-state index contributed by atoms with van der Waals surface area (Å²) in [5.74, 6) is -1.21. The fraction of sp³-hybridized carbons (Fsp3) is 0.435. The molecule has 172 valence electrons. The van der Waals surface area contributed by atoms with Crippen LogP contribution in [0.3, 0.4) is 0 Å². The van der Waals surface area contributed by atoms with Crippen molar-refractivity contribution >= 4 is 34.0 Å². The summed E-state index contributed by atoms with van der Waals surface area (Å²) < 4.78 is 17.1. The number of hydrogen-bond acceptors (Lipinski definition) is 6. The average molecular weight is 463 g/mol. The number of carbonyl (C=O) groups is 3. The van der Waals surface area contributed by atoms with Crippen LogP contribution in [0.2, 0.25) is 0 Å². The monoisotopic (exact) mass is 462 g/mol. The number of aliphatic carboxylic acids is 1. The van der Waals surface area contributed by atoms with E-state index < -0.39 is 18.9 Å². The van der Waals surface area contributed by atoms with Gasteiger partial charge in [-0.25, -0.2) is 4.39 Å². The van der Waals surface area contributed by atoms with E-state index in [1.54, 1.807) is 23.1 Å². The Morgan fingerprint density at radius 3 is 2.53 bits per heavy atom. The van der Waals surface area contributed by atoms with Crippen LogP contribution in [-0.2, 0) is 16.0 Å². The molecule has 3 rings (SSSR count). The quantitative estimate of drug-likeness (QED) is 0.516. The molecule has 2 unspecified atom stereocenters. The van der Waals surface area contributed by atoms with E-state index in [0.717, 1.165) is 17.7 Å². The van der Waals surface area contributed by atoms with Crippen LogP contribution in [0.25, 0.3) is 0 Å². The minimum absolute atomic E-state index is 0.0439. The third-order valence-electron chi connectivity index (χ3n) is 5.69. The lowest BCUT2D eigenvalue weighted by molar-refractivity contribution is -0.143. The third kappa shape index (κ3) is 5.34. The number of benzene rings is 1. The Labute approximate surface area is 190 Å². The number of nitrogens with zero attached hydrogens (tertiary/aromatic N) is 1. The number of ketones is 1. The zero-order valence-electron chi connectivity index (χ0n) is 18.1. The van der Waals surface area contributed by atoms with Gasteiger partial charge in [-0.15, -0.1) is 11.3 Å². The number of carboxylic acid groups (broad SMARTS) is 1. The summed E-state index contributed by atoms with van der Waals surface area (Å²) in [5.41, 5.74) is 0.770. The minimum Gasteiger partial charge on any atom is -0.480 e. The van der Waals surface area contributed by atoms with Gasteiger partial charge in [-0.3, -0.25) is 19.3 Å². The van der Waals surface area contributed by atoms with Crippen molar-refractivity contribution in [1.29, 1.82) is 0 Å². The van der Waals surface area contributed by atoms with Crippen molar-refractivity contribution in [3.63, 3.8) is 0 Å². The molecule has 2 aromatic rings. The van der Waals surface area contributed by atoms with Crippen molar-refractivity contribution in [3.8, 4) is 5.75 Å². The number of halogens is 1. The van der Waals surface area contributed by atoms with Crippen LogP contribution in [0.1, 0.15) is 53.9 Å². The predicted molar refractivity (Wildman–Crippen MR) is 120 cm³/mol. The standard InChI is InChI=1S/C23H27FN2O5S/c1-3-15-7-10-19(23(29)30)26(15)12-20(27)25-22-18(11-17(4-2)32-22)21(28)14-5-8-16(9-6-14)31-13-24/h5-6,8-9,11,15,19H,3-4,7,10,12-13H2,1-2H3,(H,25,27)(H,29,30). The van der Waals surface area contributed by atoms with Crippen LogP contribution in [-0.4, -0.2) is 53.2 Å². The number of nitrogens with one attached hydrogen (secondary N) is 1. The van der Waals surface area contributed by atoms with Crippen molar-refractivity contribution in [3.05, 3.63) is 46.3 Å². The van der Waals surface area contributed by atoms with E-state index in [1.807, 2.05) is 13.8 Å². The first-order valence-corrected chi connectivity index (χ1v) is 11.4. The van der Waals surface area contributed by atoms with Gasteiger partial charge in [0.2, 0.25) is 12.8 Å². The number of alkyl halides is 1. The number of amides is 1. The van der Waals surface area contributed by atoms with E-state index in [9.17, 15) is 23.9 Å². The number of carboxylic acids is 1. The van der Waals surface area contributed by atoms with Gasteiger partial charge < -0.3 is 15.2 Å². The van der Waals surface area contributed by atoms with E-state index in [-0.39, 0.29) is 24.3 Å².